The lowest BCUT2D eigenvalue weighted by Crippen LogP contribution is -2.19. The summed E-state index contributed by atoms with van der Waals surface area (Å²) in [5.74, 6) is 1.84. The van der Waals surface area contributed by atoms with E-state index < -0.39 is 0 Å². The predicted molar refractivity (Wildman–Crippen MR) is 55.6 cm³/mol. The molecular formula is C12H15NO. The summed E-state index contributed by atoms with van der Waals surface area (Å²) in [5, 5.41) is 3.46. The topological polar surface area (TPSA) is 21.3 Å². The van der Waals surface area contributed by atoms with E-state index in [0.29, 0.717) is 5.41 Å². The Morgan fingerprint density at radius 1 is 1.36 bits per heavy atom. The number of ether oxygens (including phenoxy) is 1. The molecule has 2 aliphatic rings. The van der Waals surface area contributed by atoms with Crippen molar-refractivity contribution < 1.29 is 4.74 Å². The van der Waals surface area contributed by atoms with Gasteiger partial charge in [-0.05, 0) is 36.6 Å². The van der Waals surface area contributed by atoms with Crippen LogP contribution in [0.3, 0.4) is 0 Å². The zero-order chi connectivity index (χ0) is 9.60. The van der Waals surface area contributed by atoms with Crippen LogP contribution < -0.4 is 10.1 Å². The van der Waals surface area contributed by atoms with Crippen molar-refractivity contribution in [3.63, 3.8) is 0 Å². The zero-order valence-corrected chi connectivity index (χ0v) is 8.42. The van der Waals surface area contributed by atoms with Gasteiger partial charge in [0.15, 0.2) is 0 Å². The second kappa shape index (κ2) is 2.74. The van der Waals surface area contributed by atoms with Crippen LogP contribution in [-0.4, -0.2) is 20.2 Å². The highest BCUT2D eigenvalue weighted by molar-refractivity contribution is 5.39. The van der Waals surface area contributed by atoms with E-state index in [1.54, 1.807) is 7.11 Å². The molecule has 3 rings (SSSR count). The number of nitrogens with one attached hydrogen (secondary N) is 1. The Balaban J connectivity index is 1.90. The van der Waals surface area contributed by atoms with Crippen LogP contribution in [0.1, 0.15) is 12.0 Å². The number of rotatable bonds is 2. The quantitative estimate of drug-likeness (QED) is 0.762. The normalized spacial score (nSPS) is 33.9. The van der Waals surface area contributed by atoms with Crippen molar-refractivity contribution in [1.29, 1.82) is 0 Å². The fourth-order valence-corrected chi connectivity index (χ4v) is 2.71. The van der Waals surface area contributed by atoms with Gasteiger partial charge in [-0.15, -0.1) is 0 Å². The van der Waals surface area contributed by atoms with Crippen molar-refractivity contribution in [3.05, 3.63) is 29.8 Å². The standard InChI is InChI=1S/C12H15NO/c1-14-11-4-2-9(3-5-11)12-6-10(12)7-13-8-12/h2-5,10,13H,6-8H2,1H3/t10-,12+/m1/s1. The van der Waals surface area contributed by atoms with Crippen LogP contribution in [0, 0.1) is 5.92 Å². The van der Waals surface area contributed by atoms with Crippen molar-refractivity contribution in [2.45, 2.75) is 11.8 Å². The molecule has 1 aliphatic carbocycles. The van der Waals surface area contributed by atoms with Gasteiger partial charge < -0.3 is 10.1 Å². The van der Waals surface area contributed by atoms with Crippen LogP contribution in [0.15, 0.2) is 24.3 Å². The minimum absolute atomic E-state index is 0.478. The Morgan fingerprint density at radius 2 is 2.14 bits per heavy atom. The van der Waals surface area contributed by atoms with Gasteiger partial charge in [0.25, 0.3) is 0 Å². The minimum atomic E-state index is 0.478. The third kappa shape index (κ3) is 1.01. The summed E-state index contributed by atoms with van der Waals surface area (Å²) in [6.45, 7) is 2.36. The molecule has 1 heterocycles. The fraction of sp³-hybridized carbons (Fsp3) is 0.500. The maximum atomic E-state index is 5.16. The molecule has 1 aromatic rings. The third-order valence-electron chi connectivity index (χ3n) is 3.73. The van der Waals surface area contributed by atoms with Crippen molar-refractivity contribution in [3.8, 4) is 5.75 Å². The summed E-state index contributed by atoms with van der Waals surface area (Å²) >= 11 is 0. The lowest BCUT2D eigenvalue weighted by atomic mass is 9.95. The molecular weight excluding hydrogens is 174 g/mol. The first-order valence-corrected chi connectivity index (χ1v) is 5.20. The molecule has 14 heavy (non-hydrogen) atoms. The van der Waals surface area contributed by atoms with Crippen LogP contribution in [0.5, 0.6) is 5.75 Å². The molecule has 2 nitrogen and oxygen atoms in total. The van der Waals surface area contributed by atoms with Crippen LogP contribution in [-0.2, 0) is 5.41 Å². The summed E-state index contributed by atoms with van der Waals surface area (Å²) in [4.78, 5) is 0. The molecule has 2 fully saturated rings. The smallest absolute Gasteiger partial charge is 0.118 e. The predicted octanol–water partition coefficient (Wildman–Crippen LogP) is 1.56. The number of piperidine rings is 1. The fourth-order valence-electron chi connectivity index (χ4n) is 2.71. The Kier molecular flexibility index (Phi) is 1.62. The molecule has 0 amide bonds. The Morgan fingerprint density at radius 3 is 2.64 bits per heavy atom. The third-order valence-corrected chi connectivity index (χ3v) is 3.73. The number of hydrogen-bond acceptors (Lipinski definition) is 2. The van der Waals surface area contributed by atoms with E-state index >= 15 is 0 Å². The van der Waals surface area contributed by atoms with Crippen LogP contribution in [0.2, 0.25) is 0 Å². The molecule has 1 saturated heterocycles. The first-order chi connectivity index (χ1) is 6.85. The van der Waals surface area contributed by atoms with E-state index in [1.807, 2.05) is 0 Å². The number of benzene rings is 1. The van der Waals surface area contributed by atoms with Crippen molar-refractivity contribution >= 4 is 0 Å². The molecule has 0 aromatic heterocycles. The summed E-state index contributed by atoms with van der Waals surface area (Å²) in [7, 11) is 1.71. The average molecular weight is 189 g/mol. The van der Waals surface area contributed by atoms with Crippen molar-refractivity contribution in [2.75, 3.05) is 20.2 Å². The molecule has 1 aliphatic heterocycles. The Hall–Kier alpha value is -1.02. The summed E-state index contributed by atoms with van der Waals surface area (Å²) < 4.78 is 5.16. The van der Waals surface area contributed by atoms with Gasteiger partial charge in [0.1, 0.15) is 5.75 Å². The lowest BCUT2D eigenvalue weighted by molar-refractivity contribution is 0.414. The highest BCUT2D eigenvalue weighted by atomic mass is 16.5. The van der Waals surface area contributed by atoms with Gasteiger partial charge in [-0.1, -0.05) is 12.1 Å². The number of fused-ring (bicyclic) bond motifs is 1. The van der Waals surface area contributed by atoms with E-state index in [0.717, 1.165) is 18.2 Å². The van der Waals surface area contributed by atoms with Crippen LogP contribution >= 0.6 is 0 Å². The SMILES string of the molecule is COc1ccc([C@]23CNC[C@H]2C3)cc1. The first-order valence-electron chi connectivity index (χ1n) is 5.20. The number of methoxy groups -OCH3 is 1. The lowest BCUT2D eigenvalue weighted by Gasteiger charge is -2.12. The Labute approximate surface area is 84.3 Å². The van der Waals surface area contributed by atoms with Gasteiger partial charge >= 0.3 is 0 Å². The van der Waals surface area contributed by atoms with Gasteiger partial charge in [0.2, 0.25) is 0 Å². The second-order valence-electron chi connectivity index (χ2n) is 4.42. The highest BCUT2D eigenvalue weighted by Gasteiger charge is 2.57. The largest absolute Gasteiger partial charge is 0.497 e. The first kappa shape index (κ1) is 8.30. The summed E-state index contributed by atoms with van der Waals surface area (Å²) in [6, 6.07) is 8.56. The van der Waals surface area contributed by atoms with Gasteiger partial charge in [0.05, 0.1) is 7.11 Å². The van der Waals surface area contributed by atoms with E-state index in [2.05, 4.69) is 29.6 Å². The maximum Gasteiger partial charge on any atom is 0.118 e. The number of hydrogen-bond donors (Lipinski definition) is 1. The molecule has 0 bridgehead atoms. The van der Waals surface area contributed by atoms with E-state index in [4.69, 9.17) is 4.74 Å². The molecule has 1 N–H and O–H groups in total. The van der Waals surface area contributed by atoms with Gasteiger partial charge in [-0.3, -0.25) is 0 Å². The van der Waals surface area contributed by atoms with Gasteiger partial charge in [-0.2, -0.15) is 0 Å². The maximum absolute atomic E-state index is 5.16. The van der Waals surface area contributed by atoms with E-state index in [9.17, 15) is 0 Å². The highest BCUT2D eigenvalue weighted by Crippen LogP contribution is 2.56. The van der Waals surface area contributed by atoms with E-state index in [-0.39, 0.29) is 0 Å². The molecule has 0 unspecified atom stereocenters. The average Bonchev–Trinajstić information content (AvgIpc) is 2.82. The molecule has 1 saturated carbocycles. The molecule has 0 radical (unpaired) electrons. The Bertz CT molecular complexity index is 346. The summed E-state index contributed by atoms with van der Waals surface area (Å²) in [5.41, 5.74) is 1.96. The molecule has 74 valence electrons. The van der Waals surface area contributed by atoms with Crippen molar-refractivity contribution in [1.82, 2.24) is 5.32 Å². The summed E-state index contributed by atoms with van der Waals surface area (Å²) in [6.07, 6.45) is 1.37. The second-order valence-corrected chi connectivity index (χ2v) is 4.42. The zero-order valence-electron chi connectivity index (χ0n) is 8.42. The van der Waals surface area contributed by atoms with Gasteiger partial charge in [-0.25, -0.2) is 0 Å². The molecule has 2 atom stereocenters. The molecule has 1 aromatic carbocycles. The molecule has 0 spiro atoms. The van der Waals surface area contributed by atoms with Gasteiger partial charge in [0, 0.05) is 12.0 Å². The molecule has 2 heteroatoms. The van der Waals surface area contributed by atoms with Crippen molar-refractivity contribution in [2.24, 2.45) is 5.92 Å². The minimum Gasteiger partial charge on any atom is -0.497 e. The monoisotopic (exact) mass is 189 g/mol. The van der Waals surface area contributed by atoms with Crippen LogP contribution in [0.25, 0.3) is 0 Å². The van der Waals surface area contributed by atoms with Crippen LogP contribution in [0.4, 0.5) is 0 Å². The van der Waals surface area contributed by atoms with E-state index in [1.165, 1.54) is 18.5 Å².